The Kier molecular flexibility index (Phi) is 3.88. The van der Waals surface area contributed by atoms with Gasteiger partial charge in [-0.25, -0.2) is 0 Å². The molecule has 2 N–H and O–H groups in total. The summed E-state index contributed by atoms with van der Waals surface area (Å²) in [5.74, 6) is -0.169. The van der Waals surface area contributed by atoms with Crippen LogP contribution in [0.3, 0.4) is 0 Å². The highest BCUT2D eigenvalue weighted by molar-refractivity contribution is 5.97. The minimum atomic E-state index is -0.494. The van der Waals surface area contributed by atoms with Crippen LogP contribution in [0.4, 0.5) is 0 Å². The van der Waals surface area contributed by atoms with E-state index in [2.05, 4.69) is 16.7 Å². The first-order chi connectivity index (χ1) is 10.6. The largest absolute Gasteiger partial charge is 0.350 e. The first kappa shape index (κ1) is 14.6. The molecule has 22 heavy (non-hydrogen) atoms. The number of aromatic nitrogens is 1. The molecule has 0 saturated carbocycles. The summed E-state index contributed by atoms with van der Waals surface area (Å²) < 4.78 is 2.05. The summed E-state index contributed by atoms with van der Waals surface area (Å²) >= 11 is 0. The molecule has 0 bridgehead atoms. The Balaban J connectivity index is 1.81. The van der Waals surface area contributed by atoms with Crippen LogP contribution in [0, 0.1) is 0 Å². The van der Waals surface area contributed by atoms with E-state index in [0.29, 0.717) is 12.8 Å². The van der Waals surface area contributed by atoms with Crippen LogP contribution in [0.15, 0.2) is 30.5 Å². The highest BCUT2D eigenvalue weighted by Crippen LogP contribution is 2.22. The Hall–Kier alpha value is -2.30. The van der Waals surface area contributed by atoms with Crippen molar-refractivity contribution in [2.24, 2.45) is 7.05 Å². The second-order valence-corrected chi connectivity index (χ2v) is 5.90. The number of carbonyl (C=O) groups excluding carboxylic acids is 2. The molecule has 2 heterocycles. The van der Waals surface area contributed by atoms with Gasteiger partial charge in [0.1, 0.15) is 12.1 Å². The zero-order chi connectivity index (χ0) is 15.7. The SMILES string of the molecule is CCC[C@H]1NC(=O)[C@@H](Cc2cn(C)c3ccccc23)NC1=O. The maximum atomic E-state index is 12.2. The molecule has 1 aromatic heterocycles. The molecule has 2 aromatic rings. The lowest BCUT2D eigenvalue weighted by atomic mass is 10.00. The molecular weight excluding hydrogens is 278 g/mol. The fourth-order valence-electron chi connectivity index (χ4n) is 3.12. The Morgan fingerprint density at radius 3 is 2.55 bits per heavy atom. The van der Waals surface area contributed by atoms with Crippen LogP contribution >= 0.6 is 0 Å². The lowest BCUT2D eigenvalue weighted by molar-refractivity contribution is -0.136. The first-order valence-electron chi connectivity index (χ1n) is 7.74. The Labute approximate surface area is 129 Å². The zero-order valence-electron chi connectivity index (χ0n) is 12.9. The summed E-state index contributed by atoms with van der Waals surface area (Å²) in [6.07, 6.45) is 4.09. The molecule has 2 atom stereocenters. The van der Waals surface area contributed by atoms with E-state index < -0.39 is 6.04 Å². The fraction of sp³-hybridized carbons (Fsp3) is 0.412. The molecule has 1 aliphatic heterocycles. The standard InChI is InChI=1S/C17H21N3O2/c1-3-6-13-16(21)19-14(17(22)18-13)9-11-10-20(2)15-8-5-4-7-12(11)15/h4-5,7-8,10,13-14H,3,6,9H2,1-2H3,(H,18,22)(H,19,21)/t13-,14-/m1/s1. The van der Waals surface area contributed by atoms with Gasteiger partial charge in [0.2, 0.25) is 11.8 Å². The minimum Gasteiger partial charge on any atom is -0.350 e. The molecule has 2 amide bonds. The summed E-state index contributed by atoms with van der Waals surface area (Å²) in [5, 5.41) is 6.83. The maximum absolute atomic E-state index is 12.2. The number of carbonyl (C=O) groups is 2. The molecule has 0 aliphatic carbocycles. The molecule has 1 fully saturated rings. The normalized spacial score (nSPS) is 21.7. The van der Waals surface area contributed by atoms with E-state index in [0.717, 1.165) is 22.9 Å². The Morgan fingerprint density at radius 2 is 1.77 bits per heavy atom. The van der Waals surface area contributed by atoms with Crippen molar-refractivity contribution in [3.05, 3.63) is 36.0 Å². The van der Waals surface area contributed by atoms with Crippen LogP contribution in [-0.2, 0) is 23.1 Å². The van der Waals surface area contributed by atoms with E-state index in [1.54, 1.807) is 0 Å². The molecule has 3 rings (SSSR count). The number of benzene rings is 1. The van der Waals surface area contributed by atoms with E-state index in [1.165, 1.54) is 0 Å². The van der Waals surface area contributed by atoms with Gasteiger partial charge in [-0.15, -0.1) is 0 Å². The van der Waals surface area contributed by atoms with Gasteiger partial charge < -0.3 is 15.2 Å². The quantitative estimate of drug-likeness (QED) is 0.899. The van der Waals surface area contributed by atoms with Crippen LogP contribution < -0.4 is 10.6 Å². The molecule has 116 valence electrons. The third-order valence-corrected chi connectivity index (χ3v) is 4.25. The summed E-state index contributed by atoms with van der Waals surface area (Å²) in [6, 6.07) is 7.20. The van der Waals surface area contributed by atoms with Gasteiger partial charge in [0.25, 0.3) is 0 Å². The van der Waals surface area contributed by atoms with Crippen molar-refractivity contribution in [2.75, 3.05) is 0 Å². The van der Waals surface area contributed by atoms with Gasteiger partial charge in [0.15, 0.2) is 0 Å². The van der Waals surface area contributed by atoms with E-state index in [1.807, 2.05) is 42.9 Å². The fourth-order valence-corrected chi connectivity index (χ4v) is 3.12. The molecule has 5 heteroatoms. The number of hydrogen-bond donors (Lipinski definition) is 2. The first-order valence-corrected chi connectivity index (χ1v) is 7.74. The van der Waals surface area contributed by atoms with Crippen molar-refractivity contribution in [3.63, 3.8) is 0 Å². The molecule has 5 nitrogen and oxygen atoms in total. The highest BCUT2D eigenvalue weighted by atomic mass is 16.2. The van der Waals surface area contributed by atoms with Crippen molar-refractivity contribution in [3.8, 4) is 0 Å². The molecule has 0 radical (unpaired) electrons. The lowest BCUT2D eigenvalue weighted by Crippen LogP contribution is -2.62. The topological polar surface area (TPSA) is 63.1 Å². The average Bonchev–Trinajstić information content (AvgIpc) is 2.82. The number of nitrogens with zero attached hydrogens (tertiary/aromatic N) is 1. The Morgan fingerprint density at radius 1 is 1.09 bits per heavy atom. The number of hydrogen-bond acceptors (Lipinski definition) is 2. The van der Waals surface area contributed by atoms with Gasteiger partial charge in [-0.3, -0.25) is 9.59 Å². The van der Waals surface area contributed by atoms with E-state index in [9.17, 15) is 9.59 Å². The minimum absolute atomic E-state index is 0.0771. The van der Waals surface area contributed by atoms with Crippen LogP contribution in [0.25, 0.3) is 10.9 Å². The summed E-state index contributed by atoms with van der Waals surface area (Å²) in [4.78, 5) is 24.3. The smallest absolute Gasteiger partial charge is 0.243 e. The van der Waals surface area contributed by atoms with Crippen molar-refractivity contribution >= 4 is 22.7 Å². The van der Waals surface area contributed by atoms with E-state index >= 15 is 0 Å². The number of rotatable bonds is 4. The maximum Gasteiger partial charge on any atom is 0.243 e. The number of nitrogens with one attached hydrogen (secondary N) is 2. The molecule has 0 spiro atoms. The lowest BCUT2D eigenvalue weighted by Gasteiger charge is -2.29. The summed E-state index contributed by atoms with van der Waals surface area (Å²) in [5.41, 5.74) is 2.20. The van der Waals surface area contributed by atoms with Crippen molar-refractivity contribution in [1.29, 1.82) is 0 Å². The number of amides is 2. The van der Waals surface area contributed by atoms with Gasteiger partial charge in [-0.2, -0.15) is 0 Å². The zero-order valence-corrected chi connectivity index (χ0v) is 12.9. The Bertz CT molecular complexity index is 720. The average molecular weight is 299 g/mol. The molecule has 1 aromatic carbocycles. The third-order valence-electron chi connectivity index (χ3n) is 4.25. The number of fused-ring (bicyclic) bond motifs is 1. The van der Waals surface area contributed by atoms with Gasteiger partial charge in [0.05, 0.1) is 0 Å². The van der Waals surface area contributed by atoms with Crippen molar-refractivity contribution in [2.45, 2.75) is 38.3 Å². The van der Waals surface area contributed by atoms with E-state index in [4.69, 9.17) is 0 Å². The van der Waals surface area contributed by atoms with Gasteiger partial charge in [-0.05, 0) is 18.1 Å². The predicted molar refractivity (Wildman–Crippen MR) is 85.4 cm³/mol. The van der Waals surface area contributed by atoms with Crippen LogP contribution in [0.2, 0.25) is 0 Å². The molecule has 1 aliphatic rings. The van der Waals surface area contributed by atoms with Crippen LogP contribution in [0.1, 0.15) is 25.3 Å². The van der Waals surface area contributed by atoms with Crippen LogP contribution in [-0.4, -0.2) is 28.5 Å². The molecule has 0 unspecified atom stereocenters. The molecular formula is C17H21N3O2. The second-order valence-electron chi connectivity index (χ2n) is 5.90. The van der Waals surface area contributed by atoms with Gasteiger partial charge in [-0.1, -0.05) is 31.5 Å². The predicted octanol–water partition coefficient (Wildman–Crippen LogP) is 1.50. The third kappa shape index (κ3) is 2.58. The second kappa shape index (κ2) is 5.83. The van der Waals surface area contributed by atoms with Crippen molar-refractivity contribution < 1.29 is 9.59 Å². The molecule has 1 saturated heterocycles. The number of aryl methyl sites for hydroxylation is 1. The number of piperazine rings is 1. The summed E-state index contributed by atoms with van der Waals surface area (Å²) in [7, 11) is 1.99. The summed E-state index contributed by atoms with van der Waals surface area (Å²) in [6.45, 7) is 2.00. The van der Waals surface area contributed by atoms with Gasteiger partial charge >= 0.3 is 0 Å². The van der Waals surface area contributed by atoms with Crippen molar-refractivity contribution in [1.82, 2.24) is 15.2 Å². The highest BCUT2D eigenvalue weighted by Gasteiger charge is 2.33. The van der Waals surface area contributed by atoms with Gasteiger partial charge in [0, 0.05) is 30.6 Å². The monoisotopic (exact) mass is 299 g/mol. The number of para-hydroxylation sites is 1. The van der Waals surface area contributed by atoms with E-state index in [-0.39, 0.29) is 17.9 Å². The van der Waals surface area contributed by atoms with Crippen LogP contribution in [0.5, 0.6) is 0 Å².